The van der Waals surface area contributed by atoms with Crippen molar-refractivity contribution in [1.82, 2.24) is 14.9 Å². The predicted molar refractivity (Wildman–Crippen MR) is 90.2 cm³/mol. The van der Waals surface area contributed by atoms with Crippen molar-refractivity contribution in [2.24, 2.45) is 11.8 Å². The first-order valence-corrected chi connectivity index (χ1v) is 10.4. The van der Waals surface area contributed by atoms with Crippen molar-refractivity contribution >= 4 is 38.9 Å². The Bertz CT molecular complexity index is 663. The van der Waals surface area contributed by atoms with Crippen LogP contribution in [0.25, 0.3) is 0 Å². The molecule has 2 aliphatic rings. The summed E-state index contributed by atoms with van der Waals surface area (Å²) in [7, 11) is -3.67. The first-order chi connectivity index (χ1) is 11.0. The molecule has 0 aliphatic carbocycles. The van der Waals surface area contributed by atoms with Crippen molar-refractivity contribution in [3.63, 3.8) is 0 Å². The van der Waals surface area contributed by atoms with E-state index in [9.17, 15) is 13.2 Å². The Balaban J connectivity index is 1.55. The van der Waals surface area contributed by atoms with Crippen LogP contribution in [0.5, 0.6) is 0 Å². The lowest BCUT2D eigenvalue weighted by Crippen LogP contribution is -2.40. The number of halogens is 1. The van der Waals surface area contributed by atoms with Crippen molar-refractivity contribution in [3.05, 3.63) is 16.5 Å². The summed E-state index contributed by atoms with van der Waals surface area (Å²) >= 11 is 6.74. The fourth-order valence-corrected chi connectivity index (χ4v) is 5.75. The van der Waals surface area contributed by atoms with Gasteiger partial charge < -0.3 is 10.2 Å². The molecular weight excluding hydrogens is 358 g/mol. The Hall–Kier alpha value is -0.670. The second-order valence-corrected chi connectivity index (χ2v) is 9.73. The van der Waals surface area contributed by atoms with E-state index in [1.165, 1.54) is 12.1 Å². The Morgan fingerprint density at radius 3 is 2.52 bits per heavy atom. The number of carbonyl (C=O) groups excluding carboxylic acids is 1. The zero-order valence-corrected chi connectivity index (χ0v) is 15.0. The van der Waals surface area contributed by atoms with Crippen LogP contribution in [-0.4, -0.2) is 51.9 Å². The van der Waals surface area contributed by atoms with Gasteiger partial charge in [0, 0.05) is 13.1 Å². The van der Waals surface area contributed by atoms with Crippen molar-refractivity contribution in [1.29, 1.82) is 0 Å². The molecule has 9 heteroatoms. The molecule has 3 heterocycles. The number of nitrogens with zero attached hydrogens (tertiary/aromatic N) is 1. The normalized spacial score (nSPS) is 25.2. The summed E-state index contributed by atoms with van der Waals surface area (Å²) in [6.07, 6.45) is 1.97. The van der Waals surface area contributed by atoms with Gasteiger partial charge in [-0.15, -0.1) is 11.3 Å². The van der Waals surface area contributed by atoms with E-state index in [2.05, 4.69) is 10.0 Å². The maximum atomic E-state index is 12.3. The molecule has 0 unspecified atom stereocenters. The van der Waals surface area contributed by atoms with Gasteiger partial charge in [-0.25, -0.2) is 13.1 Å². The highest BCUT2D eigenvalue weighted by Crippen LogP contribution is 2.27. The molecule has 0 bridgehead atoms. The van der Waals surface area contributed by atoms with Crippen LogP contribution < -0.4 is 10.0 Å². The Labute approximate surface area is 145 Å². The molecule has 1 amide bonds. The van der Waals surface area contributed by atoms with Gasteiger partial charge in [0.2, 0.25) is 5.91 Å². The van der Waals surface area contributed by atoms with Crippen molar-refractivity contribution in [2.75, 3.05) is 32.7 Å². The van der Waals surface area contributed by atoms with Gasteiger partial charge in [-0.2, -0.15) is 0 Å². The fraction of sp³-hybridized carbons (Fsp3) is 0.643. The fourth-order valence-electron chi connectivity index (χ4n) is 3.25. The Kier molecular flexibility index (Phi) is 5.27. The first kappa shape index (κ1) is 17.2. The summed E-state index contributed by atoms with van der Waals surface area (Å²) in [5.41, 5.74) is 0. The van der Waals surface area contributed by atoms with Crippen LogP contribution in [0.4, 0.5) is 0 Å². The van der Waals surface area contributed by atoms with Crippen LogP contribution in [0, 0.1) is 11.8 Å². The summed E-state index contributed by atoms with van der Waals surface area (Å²) in [4.78, 5) is 14.1. The molecule has 2 N–H and O–H groups in total. The maximum absolute atomic E-state index is 12.3. The average molecular weight is 378 g/mol. The zero-order valence-electron chi connectivity index (χ0n) is 12.6. The Morgan fingerprint density at radius 2 is 1.96 bits per heavy atom. The lowest BCUT2D eigenvalue weighted by Gasteiger charge is -2.21. The third-order valence-corrected chi connectivity index (χ3v) is 7.72. The molecule has 2 atom stereocenters. The van der Waals surface area contributed by atoms with Gasteiger partial charge in [-0.3, -0.25) is 4.79 Å². The summed E-state index contributed by atoms with van der Waals surface area (Å²) < 4.78 is 27.2. The third-order valence-electron chi connectivity index (χ3n) is 4.60. The van der Waals surface area contributed by atoms with E-state index in [-0.39, 0.29) is 16.7 Å². The second-order valence-electron chi connectivity index (χ2n) is 6.02. The molecule has 0 saturated carbocycles. The van der Waals surface area contributed by atoms with Gasteiger partial charge in [0.1, 0.15) is 4.21 Å². The van der Waals surface area contributed by atoms with Gasteiger partial charge in [0.25, 0.3) is 10.0 Å². The van der Waals surface area contributed by atoms with Crippen LogP contribution in [0.3, 0.4) is 0 Å². The summed E-state index contributed by atoms with van der Waals surface area (Å²) in [5.74, 6) is 1.11. The van der Waals surface area contributed by atoms with Crippen LogP contribution >= 0.6 is 22.9 Å². The predicted octanol–water partition coefficient (Wildman–Crippen LogP) is 1.14. The van der Waals surface area contributed by atoms with Gasteiger partial charge in [-0.05, 0) is 49.9 Å². The number of likely N-dealkylation sites (tertiary alicyclic amines) is 1. The number of amides is 1. The number of hydrogen-bond acceptors (Lipinski definition) is 5. The zero-order chi connectivity index (χ0) is 16.4. The SMILES string of the molecule is O=C(CNS(=O)(=O)c1ccc(Cl)s1)N1CC[C@@H]2CNC[C@@H]2CC1. The lowest BCUT2D eigenvalue weighted by atomic mass is 9.92. The summed E-state index contributed by atoms with van der Waals surface area (Å²) in [6.45, 7) is 3.25. The van der Waals surface area contributed by atoms with E-state index in [1.807, 2.05) is 0 Å². The molecule has 1 aromatic rings. The van der Waals surface area contributed by atoms with Gasteiger partial charge in [0.15, 0.2) is 0 Å². The molecule has 6 nitrogen and oxygen atoms in total. The monoisotopic (exact) mass is 377 g/mol. The number of thiophene rings is 1. The number of carbonyl (C=O) groups is 1. The highest BCUT2D eigenvalue weighted by atomic mass is 35.5. The number of rotatable bonds is 4. The van der Waals surface area contributed by atoms with Gasteiger partial charge in [0.05, 0.1) is 10.9 Å². The largest absolute Gasteiger partial charge is 0.342 e. The highest BCUT2D eigenvalue weighted by molar-refractivity contribution is 7.91. The Morgan fingerprint density at radius 1 is 1.30 bits per heavy atom. The standard InChI is InChI=1S/C14H20ClN3O3S2/c15-12-1-2-14(22-12)23(20,21)17-9-13(19)18-5-3-10-7-16-8-11(10)4-6-18/h1-2,10-11,16-17H,3-9H2/t10-,11+. The van der Waals surface area contributed by atoms with Crippen LogP contribution in [0.15, 0.2) is 16.3 Å². The molecule has 3 rings (SSSR count). The molecule has 128 valence electrons. The molecule has 2 saturated heterocycles. The minimum atomic E-state index is -3.67. The molecular formula is C14H20ClN3O3S2. The van der Waals surface area contributed by atoms with Crippen LogP contribution in [0.1, 0.15) is 12.8 Å². The highest BCUT2D eigenvalue weighted by Gasteiger charge is 2.31. The molecule has 1 aromatic heterocycles. The minimum Gasteiger partial charge on any atom is -0.342 e. The topological polar surface area (TPSA) is 78.5 Å². The molecule has 2 aliphatic heterocycles. The molecule has 0 spiro atoms. The van der Waals surface area contributed by atoms with E-state index < -0.39 is 10.0 Å². The van der Waals surface area contributed by atoms with Crippen LogP contribution in [-0.2, 0) is 14.8 Å². The second kappa shape index (κ2) is 7.06. The number of nitrogens with one attached hydrogen (secondary N) is 2. The van der Waals surface area contributed by atoms with E-state index in [0.717, 1.165) is 37.3 Å². The number of sulfonamides is 1. The maximum Gasteiger partial charge on any atom is 0.250 e. The van der Waals surface area contributed by atoms with E-state index in [4.69, 9.17) is 11.6 Å². The van der Waals surface area contributed by atoms with Crippen molar-refractivity contribution < 1.29 is 13.2 Å². The van der Waals surface area contributed by atoms with Crippen molar-refractivity contribution in [2.45, 2.75) is 17.1 Å². The molecule has 2 fully saturated rings. The van der Waals surface area contributed by atoms with Gasteiger partial charge >= 0.3 is 0 Å². The quantitative estimate of drug-likeness (QED) is 0.824. The average Bonchev–Trinajstić information content (AvgIpc) is 3.10. The first-order valence-electron chi connectivity index (χ1n) is 7.69. The summed E-state index contributed by atoms with van der Waals surface area (Å²) in [5, 5.41) is 3.40. The molecule has 23 heavy (non-hydrogen) atoms. The van der Waals surface area contributed by atoms with E-state index >= 15 is 0 Å². The number of hydrogen-bond donors (Lipinski definition) is 2. The lowest BCUT2D eigenvalue weighted by molar-refractivity contribution is -0.129. The summed E-state index contributed by atoms with van der Waals surface area (Å²) in [6, 6.07) is 2.98. The van der Waals surface area contributed by atoms with Crippen molar-refractivity contribution in [3.8, 4) is 0 Å². The van der Waals surface area contributed by atoms with E-state index in [1.54, 1.807) is 4.90 Å². The smallest absolute Gasteiger partial charge is 0.250 e. The van der Waals surface area contributed by atoms with Crippen LogP contribution in [0.2, 0.25) is 4.34 Å². The third kappa shape index (κ3) is 4.06. The minimum absolute atomic E-state index is 0.131. The molecule has 0 radical (unpaired) electrons. The van der Waals surface area contributed by atoms with E-state index in [0.29, 0.717) is 29.3 Å². The van der Waals surface area contributed by atoms with Gasteiger partial charge in [-0.1, -0.05) is 11.6 Å². The molecule has 0 aromatic carbocycles. The number of fused-ring (bicyclic) bond motifs is 1.